The van der Waals surface area contributed by atoms with Crippen LogP contribution in [0.3, 0.4) is 0 Å². The van der Waals surface area contributed by atoms with Gasteiger partial charge in [-0.15, -0.1) is 24.0 Å². The predicted octanol–water partition coefficient (Wildman–Crippen LogP) is 1.78. The van der Waals surface area contributed by atoms with E-state index < -0.39 is 0 Å². The summed E-state index contributed by atoms with van der Waals surface area (Å²) in [6.07, 6.45) is 8.02. The highest BCUT2D eigenvalue weighted by atomic mass is 127. The summed E-state index contributed by atoms with van der Waals surface area (Å²) in [5, 5.41) is 6.52. The smallest absolute Gasteiger partial charge is 0.233 e. The Morgan fingerprint density at radius 2 is 1.71 bits per heavy atom. The van der Waals surface area contributed by atoms with Crippen LogP contribution in [0.4, 0.5) is 0 Å². The zero-order valence-corrected chi connectivity index (χ0v) is 19.2. The van der Waals surface area contributed by atoms with E-state index in [1.54, 1.807) is 7.05 Å². The molecule has 0 aromatic carbocycles. The Bertz CT molecular complexity index is 580. The maximum atomic E-state index is 12.6. The minimum atomic E-state index is -0.0911. The molecule has 1 heterocycles. The van der Waals surface area contributed by atoms with Crippen LogP contribution in [0.1, 0.15) is 32.6 Å². The van der Waals surface area contributed by atoms with Gasteiger partial charge in [-0.2, -0.15) is 0 Å². The summed E-state index contributed by atoms with van der Waals surface area (Å²) in [5.41, 5.74) is 0. The first kappa shape index (κ1) is 23.1. The lowest BCUT2D eigenvalue weighted by Crippen LogP contribution is -2.40. The number of rotatable bonds is 10. The van der Waals surface area contributed by atoms with Crippen LogP contribution in [0.2, 0.25) is 0 Å². The number of unbranched alkanes of at least 4 members (excludes halogenated alkanes) is 1. The summed E-state index contributed by atoms with van der Waals surface area (Å²) in [4.78, 5) is 30.9. The molecule has 4 atom stereocenters. The lowest BCUT2D eigenvalue weighted by molar-refractivity contribution is -0.140. The molecule has 2 N–H and O–H groups in total. The van der Waals surface area contributed by atoms with Crippen molar-refractivity contribution in [2.45, 2.75) is 32.6 Å². The van der Waals surface area contributed by atoms with Gasteiger partial charge in [-0.1, -0.05) is 12.2 Å². The third-order valence-electron chi connectivity index (χ3n) is 5.85. The Morgan fingerprint density at radius 3 is 2.29 bits per heavy atom. The molecule has 28 heavy (non-hydrogen) atoms. The molecular formula is C20H33IN4O3. The molecule has 3 aliphatic rings. The van der Waals surface area contributed by atoms with Crippen molar-refractivity contribution in [3.63, 3.8) is 0 Å². The van der Waals surface area contributed by atoms with Crippen molar-refractivity contribution < 1.29 is 14.3 Å². The molecule has 0 aromatic heterocycles. The van der Waals surface area contributed by atoms with Gasteiger partial charge in [-0.05, 0) is 44.4 Å². The number of nitrogens with zero attached hydrogens (tertiary/aromatic N) is 2. The molecule has 1 saturated heterocycles. The number of ether oxygens (including phenoxy) is 1. The Balaban J connectivity index is 0.00000280. The predicted molar refractivity (Wildman–Crippen MR) is 120 cm³/mol. The van der Waals surface area contributed by atoms with E-state index in [0.29, 0.717) is 13.1 Å². The summed E-state index contributed by atoms with van der Waals surface area (Å²) < 4.78 is 5.32. The van der Waals surface area contributed by atoms with Gasteiger partial charge in [0.15, 0.2) is 5.96 Å². The Morgan fingerprint density at radius 1 is 1.11 bits per heavy atom. The van der Waals surface area contributed by atoms with E-state index in [9.17, 15) is 9.59 Å². The molecule has 7 nitrogen and oxygen atoms in total. The normalized spacial score (nSPS) is 27.9. The third-order valence-corrected chi connectivity index (χ3v) is 5.85. The number of fused-ring (bicyclic) bond motifs is 5. The molecular weight excluding hydrogens is 471 g/mol. The van der Waals surface area contributed by atoms with E-state index in [1.165, 1.54) is 4.90 Å². The summed E-state index contributed by atoms with van der Waals surface area (Å²) in [6.45, 7) is 5.56. The zero-order valence-electron chi connectivity index (χ0n) is 16.9. The van der Waals surface area contributed by atoms with Crippen molar-refractivity contribution in [1.82, 2.24) is 15.5 Å². The van der Waals surface area contributed by atoms with Gasteiger partial charge in [0.25, 0.3) is 0 Å². The van der Waals surface area contributed by atoms with Crippen molar-refractivity contribution >= 4 is 41.8 Å². The highest BCUT2D eigenvalue weighted by Crippen LogP contribution is 2.52. The number of nitrogens with one attached hydrogen (secondary N) is 2. The summed E-state index contributed by atoms with van der Waals surface area (Å²) in [6, 6.07) is 0. The number of halogens is 1. The van der Waals surface area contributed by atoms with Crippen LogP contribution in [-0.2, 0) is 14.3 Å². The van der Waals surface area contributed by atoms with E-state index >= 15 is 0 Å². The standard InChI is InChI=1S/C20H32N4O3.HI/c1-3-27-12-5-4-9-22-20(21-2)23-10-6-11-24-18(25)16-14-7-8-15(13-14)17(16)19(24)26;/h7-8,14-17H,3-6,9-13H2,1-2H3,(H2,21,22,23);1H. The van der Waals surface area contributed by atoms with Gasteiger partial charge < -0.3 is 15.4 Å². The Kier molecular flexibility index (Phi) is 9.20. The average molecular weight is 504 g/mol. The van der Waals surface area contributed by atoms with Crippen molar-refractivity contribution in [3.05, 3.63) is 12.2 Å². The topological polar surface area (TPSA) is 83.0 Å². The maximum absolute atomic E-state index is 12.6. The SMILES string of the molecule is CCOCCCCNC(=NC)NCCCN1C(=O)C2C3C=CC(C3)C2C1=O.I. The van der Waals surface area contributed by atoms with E-state index in [2.05, 4.69) is 27.8 Å². The van der Waals surface area contributed by atoms with Gasteiger partial charge in [0.1, 0.15) is 0 Å². The molecule has 0 radical (unpaired) electrons. The molecule has 0 spiro atoms. The van der Waals surface area contributed by atoms with Gasteiger partial charge in [0.2, 0.25) is 11.8 Å². The fourth-order valence-electron chi connectivity index (χ4n) is 4.53. The molecule has 4 unspecified atom stereocenters. The maximum Gasteiger partial charge on any atom is 0.233 e. The van der Waals surface area contributed by atoms with Crippen molar-refractivity contribution in [3.8, 4) is 0 Å². The minimum absolute atomic E-state index is 0. The highest BCUT2D eigenvalue weighted by Gasteiger charge is 2.58. The molecule has 2 fully saturated rings. The molecule has 158 valence electrons. The van der Waals surface area contributed by atoms with Gasteiger partial charge in [0.05, 0.1) is 11.8 Å². The number of carbonyl (C=O) groups excluding carboxylic acids is 2. The Labute approximate surface area is 184 Å². The molecule has 2 bridgehead atoms. The number of guanidine groups is 1. The van der Waals surface area contributed by atoms with Gasteiger partial charge in [-0.25, -0.2) is 0 Å². The monoisotopic (exact) mass is 504 g/mol. The van der Waals surface area contributed by atoms with Crippen LogP contribution in [0.5, 0.6) is 0 Å². The molecule has 2 aliphatic carbocycles. The number of aliphatic imine (C=N–C) groups is 1. The number of imide groups is 1. The number of likely N-dealkylation sites (tertiary alicyclic amines) is 1. The number of hydrogen-bond acceptors (Lipinski definition) is 4. The fourth-order valence-corrected chi connectivity index (χ4v) is 4.53. The van der Waals surface area contributed by atoms with Crippen LogP contribution < -0.4 is 10.6 Å². The number of carbonyl (C=O) groups is 2. The molecule has 2 amide bonds. The van der Waals surface area contributed by atoms with E-state index in [-0.39, 0.29) is 59.5 Å². The van der Waals surface area contributed by atoms with Crippen LogP contribution in [0.25, 0.3) is 0 Å². The number of hydrogen-bond donors (Lipinski definition) is 2. The van der Waals surface area contributed by atoms with Gasteiger partial charge >= 0.3 is 0 Å². The second-order valence-electron chi connectivity index (χ2n) is 7.51. The van der Waals surface area contributed by atoms with Crippen molar-refractivity contribution in [2.75, 3.05) is 39.9 Å². The van der Waals surface area contributed by atoms with Crippen LogP contribution in [0, 0.1) is 23.7 Å². The second kappa shape index (κ2) is 11.1. The number of allylic oxidation sites excluding steroid dienone is 2. The molecule has 8 heteroatoms. The molecule has 1 saturated carbocycles. The lowest BCUT2D eigenvalue weighted by atomic mass is 9.85. The largest absolute Gasteiger partial charge is 0.382 e. The van der Waals surface area contributed by atoms with E-state index in [1.807, 2.05) is 6.92 Å². The fraction of sp³-hybridized carbons (Fsp3) is 0.750. The zero-order chi connectivity index (χ0) is 19.2. The minimum Gasteiger partial charge on any atom is -0.382 e. The molecule has 3 rings (SSSR count). The van der Waals surface area contributed by atoms with Crippen LogP contribution in [-0.4, -0.2) is 62.6 Å². The average Bonchev–Trinajstić information content (AvgIpc) is 3.35. The van der Waals surface area contributed by atoms with E-state index in [0.717, 1.165) is 51.4 Å². The summed E-state index contributed by atoms with van der Waals surface area (Å²) in [5.74, 6) is 1.22. The van der Waals surface area contributed by atoms with Gasteiger partial charge in [0, 0.05) is 39.9 Å². The molecule has 1 aliphatic heterocycles. The molecule has 0 aromatic rings. The highest BCUT2D eigenvalue weighted by molar-refractivity contribution is 14.0. The summed E-state index contributed by atoms with van der Waals surface area (Å²) >= 11 is 0. The third kappa shape index (κ3) is 5.06. The van der Waals surface area contributed by atoms with Crippen molar-refractivity contribution in [2.24, 2.45) is 28.7 Å². The van der Waals surface area contributed by atoms with Crippen LogP contribution in [0.15, 0.2) is 17.1 Å². The Hall–Kier alpha value is -1.16. The lowest BCUT2D eigenvalue weighted by Gasteiger charge is -2.18. The van der Waals surface area contributed by atoms with E-state index in [4.69, 9.17) is 4.74 Å². The first-order chi connectivity index (χ1) is 13.2. The number of amides is 2. The quantitative estimate of drug-likeness (QED) is 0.118. The first-order valence-corrected chi connectivity index (χ1v) is 10.2. The van der Waals surface area contributed by atoms with Gasteiger partial charge in [-0.3, -0.25) is 19.5 Å². The summed E-state index contributed by atoms with van der Waals surface area (Å²) in [7, 11) is 1.74. The second-order valence-corrected chi connectivity index (χ2v) is 7.51. The first-order valence-electron chi connectivity index (χ1n) is 10.2. The van der Waals surface area contributed by atoms with Crippen molar-refractivity contribution in [1.29, 1.82) is 0 Å². The van der Waals surface area contributed by atoms with Crippen LogP contribution >= 0.6 is 24.0 Å².